The van der Waals surface area contributed by atoms with E-state index in [0.29, 0.717) is 6.54 Å². The third-order valence-corrected chi connectivity index (χ3v) is 3.05. The lowest BCUT2D eigenvalue weighted by Gasteiger charge is -2.33. The molecule has 1 fully saturated rings. The van der Waals surface area contributed by atoms with Crippen LogP contribution in [0.5, 0.6) is 0 Å². The predicted molar refractivity (Wildman–Crippen MR) is 76.1 cm³/mol. The molecule has 2 heterocycles. The van der Waals surface area contributed by atoms with Gasteiger partial charge in [0.15, 0.2) is 11.6 Å². The van der Waals surface area contributed by atoms with Gasteiger partial charge in [-0.05, 0) is 26.8 Å². The first kappa shape index (κ1) is 16.4. The summed E-state index contributed by atoms with van der Waals surface area (Å²) in [5.41, 5.74) is -0.711. The largest absolute Gasteiger partial charge is 0.444 e. The van der Waals surface area contributed by atoms with Crippen molar-refractivity contribution in [1.82, 2.24) is 9.88 Å². The van der Waals surface area contributed by atoms with E-state index in [0.717, 1.165) is 6.20 Å². The van der Waals surface area contributed by atoms with Crippen molar-refractivity contribution in [3.05, 3.63) is 29.8 Å². The summed E-state index contributed by atoms with van der Waals surface area (Å²) in [7, 11) is 0. The predicted octanol–water partition coefficient (Wildman–Crippen LogP) is 2.04. The van der Waals surface area contributed by atoms with Crippen molar-refractivity contribution in [2.24, 2.45) is 0 Å². The first-order valence-electron chi connectivity index (χ1n) is 7.01. The number of morpholine rings is 1. The van der Waals surface area contributed by atoms with E-state index in [-0.39, 0.29) is 18.7 Å². The number of ketones is 1. The average molecular weight is 310 g/mol. The van der Waals surface area contributed by atoms with Gasteiger partial charge in [0.2, 0.25) is 0 Å². The van der Waals surface area contributed by atoms with Crippen LogP contribution in [0.15, 0.2) is 18.5 Å². The quantitative estimate of drug-likeness (QED) is 0.782. The second-order valence-electron chi connectivity index (χ2n) is 6.01. The Labute approximate surface area is 128 Å². The van der Waals surface area contributed by atoms with Gasteiger partial charge in [-0.1, -0.05) is 0 Å². The highest BCUT2D eigenvalue weighted by atomic mass is 19.1. The molecule has 0 aliphatic carbocycles. The molecular weight excluding hydrogens is 291 g/mol. The molecule has 22 heavy (non-hydrogen) atoms. The molecule has 1 aromatic rings. The lowest BCUT2D eigenvalue weighted by molar-refractivity contribution is -0.0322. The zero-order valence-corrected chi connectivity index (χ0v) is 12.8. The maximum atomic E-state index is 13.6. The molecule has 1 amide bonds. The summed E-state index contributed by atoms with van der Waals surface area (Å²) in [6, 6.07) is 1.30. The Balaban J connectivity index is 2.06. The molecule has 1 aromatic heterocycles. The van der Waals surface area contributed by atoms with Crippen LogP contribution in [-0.4, -0.2) is 53.2 Å². The first-order valence-corrected chi connectivity index (χ1v) is 7.01. The molecule has 0 radical (unpaired) electrons. The monoisotopic (exact) mass is 310 g/mol. The number of ether oxygens (including phenoxy) is 2. The van der Waals surface area contributed by atoms with Gasteiger partial charge >= 0.3 is 6.09 Å². The SMILES string of the molecule is CC(C)(C)OC(=O)N1CCOC(C(=O)c2ccncc2F)C1. The van der Waals surface area contributed by atoms with E-state index in [2.05, 4.69) is 4.98 Å². The second-order valence-corrected chi connectivity index (χ2v) is 6.01. The van der Waals surface area contributed by atoms with Gasteiger partial charge in [-0.15, -0.1) is 0 Å². The van der Waals surface area contributed by atoms with Crippen LogP contribution in [0.3, 0.4) is 0 Å². The molecule has 0 saturated carbocycles. The summed E-state index contributed by atoms with van der Waals surface area (Å²) in [5.74, 6) is -1.21. The van der Waals surface area contributed by atoms with Crippen LogP contribution in [0.2, 0.25) is 0 Å². The van der Waals surface area contributed by atoms with Crippen LogP contribution >= 0.6 is 0 Å². The number of aromatic nitrogens is 1. The molecule has 1 atom stereocenters. The average Bonchev–Trinajstić information content (AvgIpc) is 2.45. The van der Waals surface area contributed by atoms with Gasteiger partial charge in [-0.3, -0.25) is 9.78 Å². The summed E-state index contributed by atoms with van der Waals surface area (Å²) in [5, 5.41) is 0. The van der Waals surface area contributed by atoms with Crippen LogP contribution in [0, 0.1) is 5.82 Å². The number of amides is 1. The Bertz CT molecular complexity index is 571. The first-order chi connectivity index (χ1) is 10.3. The summed E-state index contributed by atoms with van der Waals surface area (Å²) in [6.07, 6.45) is 0.897. The molecule has 0 spiro atoms. The lowest BCUT2D eigenvalue weighted by atomic mass is 10.1. The minimum Gasteiger partial charge on any atom is -0.444 e. The van der Waals surface area contributed by atoms with E-state index in [1.165, 1.54) is 17.2 Å². The minimum atomic E-state index is -0.904. The topological polar surface area (TPSA) is 68.7 Å². The molecule has 0 bridgehead atoms. The Hall–Kier alpha value is -2.02. The highest BCUT2D eigenvalue weighted by Crippen LogP contribution is 2.16. The molecule has 0 N–H and O–H groups in total. The maximum Gasteiger partial charge on any atom is 0.410 e. The molecular formula is C15H19FN2O4. The van der Waals surface area contributed by atoms with Gasteiger partial charge in [0.25, 0.3) is 0 Å². The van der Waals surface area contributed by atoms with Crippen molar-refractivity contribution in [2.75, 3.05) is 19.7 Å². The molecule has 1 aliphatic rings. The Morgan fingerprint density at radius 2 is 2.18 bits per heavy atom. The van der Waals surface area contributed by atoms with Crippen molar-refractivity contribution < 1.29 is 23.5 Å². The van der Waals surface area contributed by atoms with Gasteiger partial charge in [0.05, 0.1) is 24.9 Å². The summed E-state index contributed by atoms with van der Waals surface area (Å²) in [4.78, 5) is 29.3. The van der Waals surface area contributed by atoms with Crippen LogP contribution in [-0.2, 0) is 9.47 Å². The molecule has 0 aromatic carbocycles. The Kier molecular flexibility index (Phi) is 4.75. The van der Waals surface area contributed by atoms with Crippen molar-refractivity contribution in [2.45, 2.75) is 32.5 Å². The van der Waals surface area contributed by atoms with Crippen molar-refractivity contribution >= 4 is 11.9 Å². The number of hydrogen-bond acceptors (Lipinski definition) is 5. The molecule has 120 valence electrons. The molecule has 6 nitrogen and oxygen atoms in total. The number of rotatable bonds is 2. The zero-order valence-electron chi connectivity index (χ0n) is 12.8. The van der Waals surface area contributed by atoms with E-state index >= 15 is 0 Å². The van der Waals surface area contributed by atoms with Crippen molar-refractivity contribution in [3.8, 4) is 0 Å². The number of carbonyl (C=O) groups is 2. The zero-order chi connectivity index (χ0) is 16.3. The summed E-state index contributed by atoms with van der Waals surface area (Å²) < 4.78 is 24.3. The third kappa shape index (κ3) is 4.00. The Morgan fingerprint density at radius 3 is 2.82 bits per heavy atom. The van der Waals surface area contributed by atoms with Gasteiger partial charge < -0.3 is 14.4 Å². The number of halogens is 1. The fraction of sp³-hybridized carbons (Fsp3) is 0.533. The van der Waals surface area contributed by atoms with Gasteiger partial charge in [-0.2, -0.15) is 0 Å². The summed E-state index contributed by atoms with van der Waals surface area (Å²) >= 11 is 0. The number of nitrogens with zero attached hydrogens (tertiary/aromatic N) is 2. The number of pyridine rings is 1. The second kappa shape index (κ2) is 6.39. The Morgan fingerprint density at radius 1 is 1.45 bits per heavy atom. The highest BCUT2D eigenvalue weighted by molar-refractivity contribution is 6.00. The summed E-state index contributed by atoms with van der Waals surface area (Å²) in [6.45, 7) is 5.86. The lowest BCUT2D eigenvalue weighted by Crippen LogP contribution is -2.50. The maximum absolute atomic E-state index is 13.6. The van der Waals surface area contributed by atoms with Crippen LogP contribution in [0.4, 0.5) is 9.18 Å². The van der Waals surface area contributed by atoms with E-state index in [9.17, 15) is 14.0 Å². The minimum absolute atomic E-state index is 0.0372. The van der Waals surface area contributed by atoms with E-state index in [1.807, 2.05) is 0 Å². The van der Waals surface area contributed by atoms with E-state index < -0.39 is 29.4 Å². The molecule has 1 saturated heterocycles. The smallest absolute Gasteiger partial charge is 0.410 e. The molecule has 1 aliphatic heterocycles. The normalized spacial score (nSPS) is 18.9. The molecule has 1 unspecified atom stereocenters. The highest BCUT2D eigenvalue weighted by Gasteiger charge is 2.33. The van der Waals surface area contributed by atoms with Crippen LogP contribution in [0.1, 0.15) is 31.1 Å². The number of carbonyl (C=O) groups excluding carboxylic acids is 2. The van der Waals surface area contributed by atoms with Crippen molar-refractivity contribution in [3.63, 3.8) is 0 Å². The van der Waals surface area contributed by atoms with Crippen molar-refractivity contribution in [1.29, 1.82) is 0 Å². The van der Waals surface area contributed by atoms with Gasteiger partial charge in [0.1, 0.15) is 11.7 Å². The molecule has 7 heteroatoms. The van der Waals surface area contributed by atoms with E-state index in [4.69, 9.17) is 9.47 Å². The van der Waals surface area contributed by atoms with Gasteiger partial charge in [-0.25, -0.2) is 9.18 Å². The molecule has 2 rings (SSSR count). The van der Waals surface area contributed by atoms with Gasteiger partial charge in [0, 0.05) is 12.7 Å². The number of hydrogen-bond donors (Lipinski definition) is 0. The number of Topliss-reactive ketones (excluding diaryl/α,β-unsaturated/α-hetero) is 1. The third-order valence-electron chi connectivity index (χ3n) is 3.05. The fourth-order valence-electron chi connectivity index (χ4n) is 2.05. The fourth-order valence-corrected chi connectivity index (χ4v) is 2.05. The van der Waals surface area contributed by atoms with E-state index in [1.54, 1.807) is 20.8 Å². The standard InChI is InChI=1S/C15H19FN2O4/c1-15(2,3)22-14(20)18-6-7-21-12(9-18)13(19)10-4-5-17-8-11(10)16/h4-5,8,12H,6-7,9H2,1-3H3. The van der Waals surface area contributed by atoms with Crippen LogP contribution < -0.4 is 0 Å². The van der Waals surface area contributed by atoms with Crippen LogP contribution in [0.25, 0.3) is 0 Å².